The van der Waals surface area contributed by atoms with Crippen molar-refractivity contribution in [1.82, 2.24) is 0 Å². The zero-order valence-electron chi connectivity index (χ0n) is 9.78. The van der Waals surface area contributed by atoms with Crippen LogP contribution < -0.4 is 0 Å². The van der Waals surface area contributed by atoms with E-state index in [1.807, 2.05) is 0 Å². The normalized spacial score (nSPS) is 13.5. The SMILES string of the molecule is CC(=O)OC(OC(=O)c1ccccc1)C(O)CO. The molecule has 6 heteroatoms. The Morgan fingerprint density at radius 2 is 1.83 bits per heavy atom. The summed E-state index contributed by atoms with van der Waals surface area (Å²) < 4.78 is 9.41. The summed E-state index contributed by atoms with van der Waals surface area (Å²) >= 11 is 0. The predicted octanol–water partition coefficient (Wildman–Crippen LogP) is 0.0858. The Labute approximate surface area is 104 Å². The minimum Gasteiger partial charge on any atom is -0.422 e. The highest BCUT2D eigenvalue weighted by molar-refractivity contribution is 5.89. The zero-order chi connectivity index (χ0) is 13.5. The summed E-state index contributed by atoms with van der Waals surface area (Å²) in [6, 6.07) is 8.03. The summed E-state index contributed by atoms with van der Waals surface area (Å²) in [5.74, 6) is -1.48. The molecule has 6 nitrogen and oxygen atoms in total. The van der Waals surface area contributed by atoms with Gasteiger partial charge < -0.3 is 19.7 Å². The van der Waals surface area contributed by atoms with Crippen LogP contribution in [0.5, 0.6) is 0 Å². The largest absolute Gasteiger partial charge is 0.422 e. The van der Waals surface area contributed by atoms with Crippen molar-refractivity contribution in [1.29, 1.82) is 0 Å². The van der Waals surface area contributed by atoms with Crippen molar-refractivity contribution in [2.45, 2.75) is 19.3 Å². The lowest BCUT2D eigenvalue weighted by atomic mass is 10.2. The number of aliphatic hydroxyl groups excluding tert-OH is 2. The summed E-state index contributed by atoms with van der Waals surface area (Å²) in [5.41, 5.74) is 0.250. The fourth-order valence-electron chi connectivity index (χ4n) is 1.18. The minimum atomic E-state index is -1.53. The van der Waals surface area contributed by atoms with Gasteiger partial charge in [0.25, 0.3) is 6.29 Å². The van der Waals surface area contributed by atoms with Crippen molar-refractivity contribution in [3.05, 3.63) is 35.9 Å². The number of carbonyl (C=O) groups excluding carboxylic acids is 2. The second-order valence-corrected chi connectivity index (χ2v) is 3.50. The lowest BCUT2D eigenvalue weighted by molar-refractivity contribution is -0.189. The standard InChI is InChI=1S/C12H14O6/c1-8(14)17-12(10(15)7-13)18-11(16)9-5-3-2-4-6-9/h2-6,10,12-13,15H,7H2,1H3. The molecule has 2 atom stereocenters. The van der Waals surface area contributed by atoms with Gasteiger partial charge in [-0.05, 0) is 12.1 Å². The second-order valence-electron chi connectivity index (χ2n) is 3.50. The molecule has 0 aliphatic heterocycles. The van der Waals surface area contributed by atoms with Gasteiger partial charge in [0.2, 0.25) is 0 Å². The van der Waals surface area contributed by atoms with Gasteiger partial charge in [0.05, 0.1) is 12.2 Å². The van der Waals surface area contributed by atoms with Crippen LogP contribution in [0.25, 0.3) is 0 Å². The average molecular weight is 254 g/mol. The minimum absolute atomic E-state index is 0.250. The van der Waals surface area contributed by atoms with Crippen LogP contribution in [0.2, 0.25) is 0 Å². The van der Waals surface area contributed by atoms with E-state index in [1.165, 1.54) is 12.1 Å². The maximum atomic E-state index is 11.7. The lowest BCUT2D eigenvalue weighted by Gasteiger charge is -2.20. The van der Waals surface area contributed by atoms with Crippen LogP contribution in [0.15, 0.2) is 30.3 Å². The van der Waals surface area contributed by atoms with Crippen molar-refractivity contribution in [2.24, 2.45) is 0 Å². The molecule has 0 aliphatic carbocycles. The van der Waals surface area contributed by atoms with Crippen LogP contribution >= 0.6 is 0 Å². The van der Waals surface area contributed by atoms with E-state index < -0.39 is 30.9 Å². The van der Waals surface area contributed by atoms with Gasteiger partial charge in [-0.25, -0.2) is 4.79 Å². The molecule has 0 radical (unpaired) electrons. The third kappa shape index (κ3) is 4.15. The highest BCUT2D eigenvalue weighted by Gasteiger charge is 2.26. The van der Waals surface area contributed by atoms with Crippen molar-refractivity contribution in [3.8, 4) is 0 Å². The van der Waals surface area contributed by atoms with Gasteiger partial charge in [-0.1, -0.05) is 18.2 Å². The Morgan fingerprint density at radius 1 is 1.22 bits per heavy atom. The van der Waals surface area contributed by atoms with E-state index in [2.05, 4.69) is 4.74 Å². The molecule has 0 spiro atoms. The van der Waals surface area contributed by atoms with Crippen molar-refractivity contribution < 1.29 is 29.3 Å². The first-order valence-corrected chi connectivity index (χ1v) is 5.26. The monoisotopic (exact) mass is 254 g/mol. The summed E-state index contributed by atoms with van der Waals surface area (Å²) in [6.07, 6.45) is -3.01. The van der Waals surface area contributed by atoms with Gasteiger partial charge >= 0.3 is 11.9 Å². The maximum absolute atomic E-state index is 11.7. The van der Waals surface area contributed by atoms with Gasteiger partial charge in [-0.2, -0.15) is 0 Å². The molecule has 98 valence electrons. The molecule has 0 aromatic heterocycles. The van der Waals surface area contributed by atoms with E-state index >= 15 is 0 Å². The van der Waals surface area contributed by atoms with Crippen LogP contribution in [-0.2, 0) is 14.3 Å². The van der Waals surface area contributed by atoms with Crippen molar-refractivity contribution in [3.63, 3.8) is 0 Å². The molecule has 18 heavy (non-hydrogen) atoms. The first-order chi connectivity index (χ1) is 8.54. The van der Waals surface area contributed by atoms with Crippen LogP contribution in [0.4, 0.5) is 0 Å². The zero-order valence-corrected chi connectivity index (χ0v) is 9.78. The fourth-order valence-corrected chi connectivity index (χ4v) is 1.18. The van der Waals surface area contributed by atoms with Gasteiger partial charge in [0, 0.05) is 6.92 Å². The Morgan fingerprint density at radius 3 is 2.33 bits per heavy atom. The Balaban J connectivity index is 2.71. The molecule has 0 saturated carbocycles. The molecule has 2 unspecified atom stereocenters. The summed E-state index contributed by atoms with van der Waals surface area (Å²) in [7, 11) is 0. The van der Waals surface area contributed by atoms with E-state index in [1.54, 1.807) is 18.2 Å². The molecule has 0 aliphatic rings. The van der Waals surface area contributed by atoms with E-state index in [0.29, 0.717) is 0 Å². The number of benzene rings is 1. The fraction of sp³-hybridized carbons (Fsp3) is 0.333. The maximum Gasteiger partial charge on any atom is 0.341 e. The average Bonchev–Trinajstić information content (AvgIpc) is 2.37. The molecule has 0 amide bonds. The molecule has 1 rings (SSSR count). The number of rotatable bonds is 5. The van der Waals surface area contributed by atoms with Crippen molar-refractivity contribution >= 4 is 11.9 Å². The Bertz CT molecular complexity index is 402. The molecule has 0 saturated heterocycles. The third-order valence-corrected chi connectivity index (χ3v) is 2.02. The molecule has 0 heterocycles. The first-order valence-electron chi connectivity index (χ1n) is 5.26. The quantitative estimate of drug-likeness (QED) is 0.571. The second kappa shape index (κ2) is 6.73. The number of esters is 2. The third-order valence-electron chi connectivity index (χ3n) is 2.02. The van der Waals surface area contributed by atoms with Crippen LogP contribution in [-0.4, -0.2) is 41.2 Å². The highest BCUT2D eigenvalue weighted by atomic mass is 16.7. The number of aliphatic hydroxyl groups is 2. The first kappa shape index (κ1) is 14.1. The molecule has 1 aromatic rings. The number of hydrogen-bond acceptors (Lipinski definition) is 6. The molecular weight excluding hydrogens is 240 g/mol. The van der Waals surface area contributed by atoms with Crippen molar-refractivity contribution in [2.75, 3.05) is 6.61 Å². The summed E-state index contributed by atoms with van der Waals surface area (Å²) in [4.78, 5) is 22.4. The van der Waals surface area contributed by atoms with Gasteiger partial charge in [0.15, 0.2) is 6.10 Å². The number of carbonyl (C=O) groups is 2. The van der Waals surface area contributed by atoms with Gasteiger partial charge in [-0.3, -0.25) is 4.79 Å². The van der Waals surface area contributed by atoms with E-state index in [0.717, 1.165) is 6.92 Å². The van der Waals surface area contributed by atoms with Crippen LogP contribution in [0, 0.1) is 0 Å². The summed E-state index contributed by atoms with van der Waals surface area (Å²) in [6.45, 7) is 0.410. The molecule has 2 N–H and O–H groups in total. The summed E-state index contributed by atoms with van der Waals surface area (Å²) in [5, 5.41) is 18.1. The van der Waals surface area contributed by atoms with E-state index in [9.17, 15) is 14.7 Å². The topological polar surface area (TPSA) is 93.1 Å². The molecule has 0 fully saturated rings. The number of hydrogen-bond donors (Lipinski definition) is 2. The van der Waals surface area contributed by atoms with Crippen LogP contribution in [0.1, 0.15) is 17.3 Å². The molecule has 0 bridgehead atoms. The van der Waals surface area contributed by atoms with E-state index in [4.69, 9.17) is 9.84 Å². The molecule has 1 aromatic carbocycles. The van der Waals surface area contributed by atoms with Crippen LogP contribution in [0.3, 0.4) is 0 Å². The van der Waals surface area contributed by atoms with Gasteiger partial charge in [-0.15, -0.1) is 0 Å². The molecular formula is C12H14O6. The number of ether oxygens (including phenoxy) is 2. The smallest absolute Gasteiger partial charge is 0.341 e. The highest BCUT2D eigenvalue weighted by Crippen LogP contribution is 2.08. The Hall–Kier alpha value is -1.92. The lowest BCUT2D eigenvalue weighted by Crippen LogP contribution is -2.37. The predicted molar refractivity (Wildman–Crippen MR) is 60.5 cm³/mol. The van der Waals surface area contributed by atoms with Gasteiger partial charge in [0.1, 0.15) is 0 Å². The Kier molecular flexibility index (Phi) is 5.29. The van der Waals surface area contributed by atoms with E-state index in [-0.39, 0.29) is 5.56 Å².